The Balaban J connectivity index is 3.74. The van der Waals surface area contributed by atoms with Gasteiger partial charge in [-0.2, -0.15) is 0 Å². The lowest BCUT2D eigenvalue weighted by atomic mass is 10.1. The molecule has 0 aliphatic rings. The average Bonchev–Trinajstić information content (AvgIpc) is 1.89. The van der Waals surface area contributed by atoms with E-state index in [0.717, 1.165) is 24.8 Å². The highest BCUT2D eigenvalue weighted by Gasteiger charge is 1.99. The molecule has 0 aromatic carbocycles. The first-order valence-corrected chi connectivity index (χ1v) is 3.88. The average molecular weight is 140 g/mol. The molecule has 0 bridgehead atoms. The minimum atomic E-state index is 0.218. The highest BCUT2D eigenvalue weighted by molar-refractivity contribution is 5.93. The third kappa shape index (κ3) is 3.44. The maximum Gasteiger partial charge on any atom is 0.155 e. The first-order chi connectivity index (χ1) is 4.72. The van der Waals surface area contributed by atoms with Gasteiger partial charge in [-0.25, -0.2) is 0 Å². The van der Waals surface area contributed by atoms with Gasteiger partial charge in [-0.15, -0.1) is 0 Å². The van der Waals surface area contributed by atoms with Crippen molar-refractivity contribution in [1.29, 1.82) is 0 Å². The van der Waals surface area contributed by atoms with Gasteiger partial charge in [0.25, 0.3) is 0 Å². The maximum atomic E-state index is 10.8. The summed E-state index contributed by atoms with van der Waals surface area (Å²) in [6.45, 7) is 5.69. The fourth-order valence-electron chi connectivity index (χ4n) is 0.891. The van der Waals surface area contributed by atoms with Crippen LogP contribution in [0.4, 0.5) is 0 Å². The second-order valence-electron chi connectivity index (χ2n) is 2.47. The van der Waals surface area contributed by atoms with Crippen molar-refractivity contribution < 1.29 is 4.79 Å². The van der Waals surface area contributed by atoms with Crippen molar-refractivity contribution in [2.45, 2.75) is 40.0 Å². The lowest BCUT2D eigenvalue weighted by Crippen LogP contribution is -1.95. The molecule has 0 saturated carbocycles. The van der Waals surface area contributed by atoms with E-state index in [0.29, 0.717) is 0 Å². The Hall–Kier alpha value is -0.590. The summed E-state index contributed by atoms with van der Waals surface area (Å²) < 4.78 is 0. The predicted octanol–water partition coefficient (Wildman–Crippen LogP) is 2.71. The van der Waals surface area contributed by atoms with Gasteiger partial charge in [0.05, 0.1) is 0 Å². The molecule has 0 aliphatic heterocycles. The standard InChI is InChI=1S/C9H16O/c1-4-6-7-9(5-2)8(3)10/h5H,4,6-7H2,1-3H3. The molecule has 0 saturated heterocycles. The van der Waals surface area contributed by atoms with Crippen molar-refractivity contribution in [1.82, 2.24) is 0 Å². The molecule has 1 nitrogen and oxygen atoms in total. The molecule has 0 heterocycles. The van der Waals surface area contributed by atoms with Gasteiger partial charge in [0.2, 0.25) is 0 Å². The number of rotatable bonds is 4. The first-order valence-electron chi connectivity index (χ1n) is 3.88. The number of hydrogen-bond donors (Lipinski definition) is 0. The van der Waals surface area contributed by atoms with Crippen LogP contribution in [0, 0.1) is 0 Å². The van der Waals surface area contributed by atoms with Crippen molar-refractivity contribution in [3.63, 3.8) is 0 Å². The van der Waals surface area contributed by atoms with Crippen molar-refractivity contribution in [2.24, 2.45) is 0 Å². The summed E-state index contributed by atoms with van der Waals surface area (Å²) in [5, 5.41) is 0. The summed E-state index contributed by atoms with van der Waals surface area (Å²) in [5.41, 5.74) is 0.974. The van der Waals surface area contributed by atoms with Crippen molar-refractivity contribution in [2.75, 3.05) is 0 Å². The zero-order valence-electron chi connectivity index (χ0n) is 7.11. The molecule has 58 valence electrons. The second-order valence-corrected chi connectivity index (χ2v) is 2.47. The smallest absolute Gasteiger partial charge is 0.155 e. The van der Waals surface area contributed by atoms with Gasteiger partial charge in [0.15, 0.2) is 5.78 Å². The van der Waals surface area contributed by atoms with Crippen LogP contribution in [-0.2, 0) is 4.79 Å². The molecule has 10 heavy (non-hydrogen) atoms. The topological polar surface area (TPSA) is 17.1 Å². The SMILES string of the molecule is CC=C(CCCC)C(C)=O. The van der Waals surface area contributed by atoms with E-state index in [-0.39, 0.29) is 5.78 Å². The van der Waals surface area contributed by atoms with Crippen LogP contribution in [0.5, 0.6) is 0 Å². The van der Waals surface area contributed by atoms with Gasteiger partial charge in [0.1, 0.15) is 0 Å². The molecule has 0 unspecified atom stereocenters. The summed E-state index contributed by atoms with van der Waals surface area (Å²) in [6, 6.07) is 0. The minimum Gasteiger partial charge on any atom is -0.295 e. The Morgan fingerprint density at radius 2 is 2.10 bits per heavy atom. The van der Waals surface area contributed by atoms with Gasteiger partial charge in [-0.3, -0.25) is 4.79 Å². The number of ketones is 1. The third-order valence-electron chi connectivity index (χ3n) is 1.60. The largest absolute Gasteiger partial charge is 0.295 e. The summed E-state index contributed by atoms with van der Waals surface area (Å²) in [4.78, 5) is 10.8. The van der Waals surface area contributed by atoms with E-state index in [4.69, 9.17) is 0 Å². The molecule has 1 heteroatoms. The van der Waals surface area contributed by atoms with Crippen molar-refractivity contribution >= 4 is 5.78 Å². The number of Topliss-reactive ketones (excluding diaryl/α,β-unsaturated/α-hetero) is 1. The molecule has 0 aromatic heterocycles. The van der Waals surface area contributed by atoms with Gasteiger partial charge in [0, 0.05) is 0 Å². The van der Waals surface area contributed by atoms with E-state index in [2.05, 4.69) is 6.92 Å². The molecule has 0 spiro atoms. The second kappa shape index (κ2) is 5.21. The van der Waals surface area contributed by atoms with Crippen LogP contribution >= 0.6 is 0 Å². The van der Waals surface area contributed by atoms with E-state index in [1.807, 2.05) is 13.0 Å². The Morgan fingerprint density at radius 3 is 2.40 bits per heavy atom. The fraction of sp³-hybridized carbons (Fsp3) is 0.667. The van der Waals surface area contributed by atoms with Crippen LogP contribution in [0.25, 0.3) is 0 Å². The number of unbranched alkanes of at least 4 members (excludes halogenated alkanes) is 1. The first kappa shape index (κ1) is 9.41. The monoisotopic (exact) mass is 140 g/mol. The molecule has 0 amide bonds. The lowest BCUT2D eigenvalue weighted by molar-refractivity contribution is -0.113. The van der Waals surface area contributed by atoms with Gasteiger partial charge in [-0.05, 0) is 32.3 Å². The molecular formula is C9H16O. The van der Waals surface area contributed by atoms with Crippen LogP contribution in [0.1, 0.15) is 40.0 Å². The van der Waals surface area contributed by atoms with Crippen LogP contribution < -0.4 is 0 Å². The lowest BCUT2D eigenvalue weighted by Gasteiger charge is -1.99. The van der Waals surface area contributed by atoms with Gasteiger partial charge < -0.3 is 0 Å². The number of carbonyl (C=O) groups excluding carboxylic acids is 1. The summed E-state index contributed by atoms with van der Waals surface area (Å²) in [6.07, 6.45) is 5.14. The van der Waals surface area contributed by atoms with Crippen LogP contribution in [0.15, 0.2) is 11.6 Å². The van der Waals surface area contributed by atoms with Crippen LogP contribution in [0.2, 0.25) is 0 Å². The molecule has 0 fully saturated rings. The highest BCUT2D eigenvalue weighted by Crippen LogP contribution is 2.07. The van der Waals surface area contributed by atoms with E-state index in [9.17, 15) is 4.79 Å². The van der Waals surface area contributed by atoms with E-state index in [1.54, 1.807) is 6.92 Å². The number of allylic oxidation sites excluding steroid dienone is 2. The zero-order valence-corrected chi connectivity index (χ0v) is 7.11. The normalized spacial score (nSPS) is 11.7. The highest BCUT2D eigenvalue weighted by atomic mass is 16.1. The molecule has 0 radical (unpaired) electrons. The summed E-state index contributed by atoms with van der Waals surface area (Å²) in [7, 11) is 0. The minimum absolute atomic E-state index is 0.218. The Morgan fingerprint density at radius 1 is 1.50 bits per heavy atom. The van der Waals surface area contributed by atoms with Crippen LogP contribution in [0.3, 0.4) is 0 Å². The third-order valence-corrected chi connectivity index (χ3v) is 1.60. The number of hydrogen-bond acceptors (Lipinski definition) is 1. The molecule has 0 aromatic rings. The Labute approximate surface area is 63.1 Å². The van der Waals surface area contributed by atoms with Gasteiger partial charge in [-0.1, -0.05) is 19.4 Å². The fourth-order valence-corrected chi connectivity index (χ4v) is 0.891. The van der Waals surface area contributed by atoms with E-state index < -0.39 is 0 Å². The van der Waals surface area contributed by atoms with Crippen LogP contribution in [-0.4, -0.2) is 5.78 Å². The molecule has 0 rings (SSSR count). The van der Waals surface area contributed by atoms with E-state index >= 15 is 0 Å². The van der Waals surface area contributed by atoms with Gasteiger partial charge >= 0.3 is 0 Å². The molecular weight excluding hydrogens is 124 g/mol. The summed E-state index contributed by atoms with van der Waals surface area (Å²) >= 11 is 0. The summed E-state index contributed by atoms with van der Waals surface area (Å²) in [5.74, 6) is 0.218. The Kier molecular flexibility index (Phi) is 4.91. The number of carbonyl (C=O) groups is 1. The molecule has 0 atom stereocenters. The van der Waals surface area contributed by atoms with Crippen molar-refractivity contribution in [3.05, 3.63) is 11.6 Å². The molecule has 0 N–H and O–H groups in total. The Bertz CT molecular complexity index is 134. The quantitative estimate of drug-likeness (QED) is 0.549. The zero-order chi connectivity index (χ0) is 7.98. The van der Waals surface area contributed by atoms with E-state index in [1.165, 1.54) is 0 Å². The van der Waals surface area contributed by atoms with Crippen molar-refractivity contribution in [3.8, 4) is 0 Å². The maximum absolute atomic E-state index is 10.8. The predicted molar refractivity (Wildman–Crippen MR) is 44.0 cm³/mol. The molecule has 0 aliphatic carbocycles.